The summed E-state index contributed by atoms with van der Waals surface area (Å²) in [6.07, 6.45) is 1.39. The molecular formula is C32H44ClN3O9S. The van der Waals surface area contributed by atoms with Crippen LogP contribution in [0.1, 0.15) is 46.1 Å². The van der Waals surface area contributed by atoms with E-state index in [1.807, 2.05) is 26.0 Å². The van der Waals surface area contributed by atoms with Gasteiger partial charge >= 0.3 is 12.1 Å². The SMILES string of the molecule is COc1cc2cc(c1Cl)N(C)C(=O)CC(OC(=O)C(C)N(C)S)C1(C)OC1C(C)C1CC(O)(NC(=O)O1)C(OC)/C=C/C=C(\C)C2. The van der Waals surface area contributed by atoms with Crippen LogP contribution in [0.4, 0.5) is 10.5 Å². The third-order valence-corrected chi connectivity index (χ3v) is 9.84. The number of amides is 2. The second-order valence-electron chi connectivity index (χ2n) is 12.5. The van der Waals surface area contributed by atoms with Crippen LogP contribution in [0.15, 0.2) is 35.9 Å². The lowest BCUT2D eigenvalue weighted by Crippen LogP contribution is -2.63. The number of rotatable bonds is 5. The summed E-state index contributed by atoms with van der Waals surface area (Å²) in [6, 6.07) is 2.89. The third-order valence-electron chi connectivity index (χ3n) is 9.11. The highest BCUT2D eigenvalue weighted by Crippen LogP contribution is 2.49. The first-order chi connectivity index (χ1) is 21.5. The van der Waals surface area contributed by atoms with Gasteiger partial charge < -0.3 is 33.7 Å². The Hall–Kier alpha value is -2.81. The molecule has 0 spiro atoms. The molecule has 1 aromatic rings. The minimum atomic E-state index is -1.79. The van der Waals surface area contributed by atoms with Crippen LogP contribution in [-0.4, -0.2) is 97.5 Å². The van der Waals surface area contributed by atoms with E-state index in [1.165, 1.54) is 23.4 Å². The second kappa shape index (κ2) is 14.1. The Balaban J connectivity index is 1.80. The standard InChI is InChI=1S/C32H44ClN3O9S/c1-17-10-9-11-24(42-8)32(40)16-23(43-30(39)34-32)18(2)28-31(4,45-28)25(44-29(38)19(3)36(6)46)15-26(37)35(5)21-13-20(12-17)14-22(41-7)27(21)33/h9-11,13-14,18-19,23-25,28,40,46H,12,15-16H2,1-8H3,(H,34,39)/b11-9+,17-10+. The van der Waals surface area contributed by atoms with Crippen LogP contribution in [0.5, 0.6) is 5.75 Å². The van der Waals surface area contributed by atoms with E-state index < -0.39 is 59.8 Å². The van der Waals surface area contributed by atoms with Gasteiger partial charge in [-0.05, 0) is 51.9 Å². The molecule has 254 valence electrons. The Morgan fingerprint density at radius 2 is 2.00 bits per heavy atom. The van der Waals surface area contributed by atoms with E-state index in [4.69, 9.17) is 35.3 Å². The van der Waals surface area contributed by atoms with Crippen molar-refractivity contribution >= 4 is 48.1 Å². The van der Waals surface area contributed by atoms with E-state index in [0.29, 0.717) is 17.9 Å². The number of hydrogen-bond acceptors (Lipinski definition) is 11. The van der Waals surface area contributed by atoms with E-state index in [2.05, 4.69) is 18.1 Å². The average Bonchev–Trinajstić information content (AvgIpc) is 3.69. The van der Waals surface area contributed by atoms with E-state index in [0.717, 1.165) is 11.1 Å². The summed E-state index contributed by atoms with van der Waals surface area (Å²) >= 11 is 10.9. The molecule has 8 unspecified atom stereocenters. The number of carbonyl (C=O) groups excluding carboxylic acids is 3. The highest BCUT2D eigenvalue weighted by molar-refractivity contribution is 7.77. The summed E-state index contributed by atoms with van der Waals surface area (Å²) in [6.45, 7) is 7.13. The molecule has 4 rings (SSSR count). The highest BCUT2D eigenvalue weighted by atomic mass is 35.5. The second-order valence-corrected chi connectivity index (χ2v) is 13.5. The number of carbonyl (C=O) groups is 3. The maximum Gasteiger partial charge on any atom is 0.409 e. The van der Waals surface area contributed by atoms with Crippen LogP contribution in [0.3, 0.4) is 0 Å². The Labute approximate surface area is 280 Å². The number of aliphatic hydroxyl groups is 1. The van der Waals surface area contributed by atoms with Crippen molar-refractivity contribution in [2.45, 2.75) is 88.7 Å². The number of alkyl carbamates (subject to hydrolysis) is 1. The maximum absolute atomic E-state index is 13.9. The fraction of sp³-hybridized carbons (Fsp3) is 0.594. The van der Waals surface area contributed by atoms with Gasteiger partial charge in [0.1, 0.15) is 40.7 Å². The maximum atomic E-state index is 13.9. The molecule has 2 N–H and O–H groups in total. The average molecular weight is 682 g/mol. The molecule has 0 radical (unpaired) electrons. The molecule has 2 amide bonds. The zero-order valence-corrected chi connectivity index (χ0v) is 29.1. The molecule has 3 aliphatic heterocycles. The Kier molecular flexibility index (Phi) is 11.1. The lowest BCUT2D eigenvalue weighted by Gasteiger charge is -2.42. The van der Waals surface area contributed by atoms with Crippen molar-refractivity contribution in [2.75, 3.05) is 33.2 Å². The van der Waals surface area contributed by atoms with Crippen LogP contribution >= 0.6 is 24.4 Å². The van der Waals surface area contributed by atoms with Gasteiger partial charge in [0.05, 0.1) is 25.3 Å². The van der Waals surface area contributed by atoms with Crippen molar-refractivity contribution in [3.8, 4) is 5.75 Å². The van der Waals surface area contributed by atoms with Gasteiger partial charge in [0.15, 0.2) is 5.72 Å². The highest BCUT2D eigenvalue weighted by Gasteiger charge is 2.64. The topological polar surface area (TPSA) is 139 Å². The summed E-state index contributed by atoms with van der Waals surface area (Å²) in [7, 11) is 6.16. The molecule has 2 saturated heterocycles. The number of methoxy groups -OCH3 is 2. The van der Waals surface area contributed by atoms with Gasteiger partial charge in [-0.2, -0.15) is 0 Å². The summed E-state index contributed by atoms with van der Waals surface area (Å²) in [5.41, 5.74) is -0.703. The normalized spacial score (nSPS) is 34.4. The van der Waals surface area contributed by atoms with Gasteiger partial charge in [0.2, 0.25) is 5.91 Å². The molecule has 4 bridgehead atoms. The number of likely N-dealkylation sites (N-methyl/N-ethyl adjacent to an activating group) is 1. The quantitative estimate of drug-likeness (QED) is 0.239. The van der Waals surface area contributed by atoms with Crippen LogP contribution in [-0.2, 0) is 35.0 Å². The molecule has 12 nitrogen and oxygen atoms in total. The fourth-order valence-electron chi connectivity index (χ4n) is 6.00. The summed E-state index contributed by atoms with van der Waals surface area (Å²) in [4.78, 5) is 41.2. The number of ether oxygens (including phenoxy) is 5. The van der Waals surface area contributed by atoms with Gasteiger partial charge in [0.25, 0.3) is 0 Å². The molecule has 1 aromatic carbocycles. The van der Waals surface area contributed by atoms with Crippen molar-refractivity contribution < 1.29 is 43.2 Å². The minimum absolute atomic E-state index is 0.0148. The zero-order chi connectivity index (χ0) is 34.1. The van der Waals surface area contributed by atoms with Gasteiger partial charge in [-0.1, -0.05) is 55.1 Å². The molecule has 0 aromatic heterocycles. The van der Waals surface area contributed by atoms with Crippen molar-refractivity contribution in [1.82, 2.24) is 9.62 Å². The number of anilines is 1. The third kappa shape index (κ3) is 7.50. The van der Waals surface area contributed by atoms with Crippen LogP contribution in [0.25, 0.3) is 0 Å². The minimum Gasteiger partial charge on any atom is -0.495 e. The first kappa shape index (κ1) is 36.0. The molecular weight excluding hydrogens is 638 g/mol. The number of epoxide rings is 1. The van der Waals surface area contributed by atoms with Crippen LogP contribution in [0, 0.1) is 5.92 Å². The molecule has 3 aliphatic rings. The number of allylic oxidation sites excluding steroid dienone is 3. The molecule has 8 atom stereocenters. The number of esters is 1. The lowest BCUT2D eigenvalue weighted by atomic mass is 9.83. The summed E-state index contributed by atoms with van der Waals surface area (Å²) < 4.78 is 30.3. The van der Waals surface area contributed by atoms with E-state index >= 15 is 0 Å². The predicted molar refractivity (Wildman–Crippen MR) is 175 cm³/mol. The fourth-order valence-corrected chi connectivity index (χ4v) is 6.40. The van der Waals surface area contributed by atoms with Crippen LogP contribution in [0.2, 0.25) is 5.02 Å². The largest absolute Gasteiger partial charge is 0.495 e. The van der Waals surface area contributed by atoms with E-state index in [-0.39, 0.29) is 23.8 Å². The van der Waals surface area contributed by atoms with Gasteiger partial charge in [-0.3, -0.25) is 14.9 Å². The number of hydrogen-bond donors (Lipinski definition) is 3. The van der Waals surface area contributed by atoms with Crippen molar-refractivity contribution in [2.24, 2.45) is 5.92 Å². The molecule has 14 heteroatoms. The predicted octanol–water partition coefficient (Wildman–Crippen LogP) is 3.83. The molecule has 0 saturated carbocycles. The zero-order valence-electron chi connectivity index (χ0n) is 27.4. The Morgan fingerprint density at radius 1 is 1.30 bits per heavy atom. The van der Waals surface area contributed by atoms with Crippen molar-refractivity contribution in [3.05, 3.63) is 46.5 Å². The molecule has 2 fully saturated rings. The van der Waals surface area contributed by atoms with Gasteiger partial charge in [-0.25, -0.2) is 9.10 Å². The number of halogens is 1. The van der Waals surface area contributed by atoms with E-state index in [1.54, 1.807) is 46.2 Å². The number of benzene rings is 1. The summed E-state index contributed by atoms with van der Waals surface area (Å²) in [5, 5.41) is 14.4. The number of fused-ring (bicyclic) bond motifs is 5. The smallest absolute Gasteiger partial charge is 0.409 e. The van der Waals surface area contributed by atoms with Crippen LogP contribution < -0.4 is 15.0 Å². The molecule has 3 heterocycles. The van der Waals surface area contributed by atoms with Crippen molar-refractivity contribution in [1.29, 1.82) is 0 Å². The summed E-state index contributed by atoms with van der Waals surface area (Å²) in [5.74, 6) is -1.05. The van der Waals surface area contributed by atoms with Crippen molar-refractivity contribution in [3.63, 3.8) is 0 Å². The number of nitrogens with one attached hydrogen (secondary N) is 1. The lowest BCUT2D eigenvalue weighted by molar-refractivity contribution is -0.157. The number of nitrogens with zero attached hydrogens (tertiary/aromatic N) is 2. The number of thiol groups is 1. The molecule has 0 aliphatic carbocycles. The Morgan fingerprint density at radius 3 is 2.63 bits per heavy atom. The van der Waals surface area contributed by atoms with Gasteiger partial charge in [0, 0.05) is 26.5 Å². The Bertz CT molecular complexity index is 1410. The van der Waals surface area contributed by atoms with E-state index in [9.17, 15) is 19.5 Å². The molecule has 46 heavy (non-hydrogen) atoms. The first-order valence-corrected chi connectivity index (χ1v) is 15.8. The van der Waals surface area contributed by atoms with Gasteiger partial charge in [-0.15, -0.1) is 0 Å². The first-order valence-electron chi connectivity index (χ1n) is 15.1. The monoisotopic (exact) mass is 681 g/mol.